The normalized spacial score (nSPS) is 16.3. The van der Waals surface area contributed by atoms with Crippen LogP contribution in [0.25, 0.3) is 43.8 Å². The van der Waals surface area contributed by atoms with E-state index in [1.807, 2.05) is 36.4 Å². The van der Waals surface area contributed by atoms with Crippen LogP contribution in [0.2, 0.25) is 0 Å². The molecule has 1 unspecified atom stereocenters. The Kier molecular flexibility index (Phi) is 7.45. The first-order valence-electron chi connectivity index (χ1n) is 17.9. The molecule has 0 aliphatic heterocycles. The second-order valence-electron chi connectivity index (χ2n) is 13.9. The zero-order chi connectivity index (χ0) is 36.4. The molecule has 2 aliphatic rings. The van der Waals surface area contributed by atoms with E-state index in [0.717, 1.165) is 52.3 Å². The molecule has 0 amide bonds. The standard InChI is InChI=1S/C47H37NO5/c1-48(41-45(52)43(50)40(44(51)46(41)53)39-35-22-11-9-19-31(35)32-20-10-12-23-36(32)42(39)49)30-25-26-34-33-21-13-14-24-37(33)47(38(34)27-30,29-17-7-4-8-18-29)28-15-5-2-3-6-16-28/h4-5,7-27,49-53H,2-3,6H2,1H3. The van der Waals surface area contributed by atoms with Crippen molar-refractivity contribution in [2.24, 2.45) is 0 Å². The van der Waals surface area contributed by atoms with Crippen molar-refractivity contribution in [2.75, 3.05) is 11.9 Å². The number of phenolic OH excluding ortho intramolecular Hbond substituents is 5. The molecule has 0 heterocycles. The molecule has 0 radical (unpaired) electrons. The summed E-state index contributed by atoms with van der Waals surface area (Å²) in [5, 5.41) is 61.1. The van der Waals surface area contributed by atoms with Crippen molar-refractivity contribution in [1.82, 2.24) is 0 Å². The first-order valence-corrected chi connectivity index (χ1v) is 17.9. The van der Waals surface area contributed by atoms with Crippen LogP contribution in [-0.4, -0.2) is 32.6 Å². The predicted molar refractivity (Wildman–Crippen MR) is 213 cm³/mol. The summed E-state index contributed by atoms with van der Waals surface area (Å²) in [4.78, 5) is 1.57. The SMILES string of the molecule is CN(c1ccc2c(c1)C(C1=CCCCC=C1)(c1ccccc1)c1ccccc1-2)c1c(O)c(O)c(-c2c(O)c3ccccc3c3ccccc23)c(O)c1O. The molecule has 5 N–H and O–H groups in total. The number of fused-ring (bicyclic) bond motifs is 6. The van der Waals surface area contributed by atoms with Gasteiger partial charge in [-0.15, -0.1) is 0 Å². The molecule has 0 fully saturated rings. The van der Waals surface area contributed by atoms with Crippen LogP contribution in [0.15, 0.2) is 145 Å². The summed E-state index contributed by atoms with van der Waals surface area (Å²) < 4.78 is 0. The van der Waals surface area contributed by atoms with E-state index in [0.29, 0.717) is 16.5 Å². The lowest BCUT2D eigenvalue weighted by atomic mass is 9.67. The van der Waals surface area contributed by atoms with Crippen molar-refractivity contribution < 1.29 is 25.5 Å². The molecule has 9 rings (SSSR count). The Bertz CT molecular complexity index is 2650. The number of hydrogen-bond acceptors (Lipinski definition) is 6. The minimum Gasteiger partial charge on any atom is -0.507 e. The number of hydrogen-bond donors (Lipinski definition) is 5. The highest BCUT2D eigenvalue weighted by atomic mass is 16.3. The van der Waals surface area contributed by atoms with Crippen molar-refractivity contribution in [2.45, 2.75) is 24.7 Å². The first-order chi connectivity index (χ1) is 25.8. The largest absolute Gasteiger partial charge is 0.507 e. The van der Waals surface area contributed by atoms with Crippen LogP contribution in [0.1, 0.15) is 36.0 Å². The summed E-state index contributed by atoms with van der Waals surface area (Å²) in [6.07, 6.45) is 9.85. The summed E-state index contributed by atoms with van der Waals surface area (Å²) in [6, 6.07) is 39.6. The minimum absolute atomic E-state index is 0.0989. The Morgan fingerprint density at radius 1 is 0.528 bits per heavy atom. The van der Waals surface area contributed by atoms with Gasteiger partial charge in [-0.1, -0.05) is 127 Å². The molecule has 0 spiro atoms. The van der Waals surface area contributed by atoms with E-state index in [4.69, 9.17) is 0 Å². The van der Waals surface area contributed by atoms with Crippen LogP contribution >= 0.6 is 0 Å². The van der Waals surface area contributed by atoms with Gasteiger partial charge in [0.2, 0.25) is 0 Å². The van der Waals surface area contributed by atoms with Crippen LogP contribution in [-0.2, 0) is 5.41 Å². The minimum atomic E-state index is -0.668. The summed E-state index contributed by atoms with van der Waals surface area (Å²) in [5.41, 5.74) is 6.36. The Morgan fingerprint density at radius 2 is 1.13 bits per heavy atom. The average molecular weight is 696 g/mol. The molecule has 53 heavy (non-hydrogen) atoms. The highest BCUT2D eigenvalue weighted by Crippen LogP contribution is 2.61. The zero-order valence-corrected chi connectivity index (χ0v) is 29.1. The first kappa shape index (κ1) is 32.3. The van der Waals surface area contributed by atoms with Crippen LogP contribution in [0, 0.1) is 0 Å². The second kappa shape index (κ2) is 12.2. The van der Waals surface area contributed by atoms with Gasteiger partial charge in [0.15, 0.2) is 23.0 Å². The molecule has 6 heteroatoms. The topological polar surface area (TPSA) is 104 Å². The average Bonchev–Trinajstić information content (AvgIpc) is 3.30. The fourth-order valence-corrected chi connectivity index (χ4v) is 8.75. The second-order valence-corrected chi connectivity index (χ2v) is 13.9. The van der Waals surface area contributed by atoms with Gasteiger partial charge in [0.1, 0.15) is 11.4 Å². The quantitative estimate of drug-likeness (QED) is 0.0697. The monoisotopic (exact) mass is 695 g/mol. The maximum atomic E-state index is 11.7. The Labute approximate surface area is 307 Å². The highest BCUT2D eigenvalue weighted by molar-refractivity contribution is 6.19. The Morgan fingerprint density at radius 3 is 1.87 bits per heavy atom. The lowest BCUT2D eigenvalue weighted by Gasteiger charge is -2.35. The fourth-order valence-electron chi connectivity index (χ4n) is 8.75. The van der Waals surface area contributed by atoms with Crippen LogP contribution < -0.4 is 4.90 Å². The molecule has 7 aromatic rings. The van der Waals surface area contributed by atoms with Gasteiger partial charge in [-0.25, -0.2) is 0 Å². The van der Waals surface area contributed by atoms with Crippen LogP contribution in [0.3, 0.4) is 0 Å². The molecule has 0 bridgehead atoms. The van der Waals surface area contributed by atoms with E-state index in [-0.39, 0.29) is 22.6 Å². The molecule has 7 aromatic carbocycles. The number of nitrogens with zero attached hydrogens (tertiary/aromatic N) is 1. The smallest absolute Gasteiger partial charge is 0.186 e. The number of rotatable bonds is 5. The summed E-state index contributed by atoms with van der Waals surface area (Å²) >= 11 is 0. The molecule has 0 saturated carbocycles. The summed E-state index contributed by atoms with van der Waals surface area (Å²) in [7, 11) is 1.68. The van der Waals surface area contributed by atoms with Gasteiger partial charge in [0, 0.05) is 23.7 Å². The van der Waals surface area contributed by atoms with E-state index in [9.17, 15) is 25.5 Å². The van der Waals surface area contributed by atoms with Crippen LogP contribution in [0.5, 0.6) is 28.7 Å². The third-order valence-electron chi connectivity index (χ3n) is 11.2. The summed E-state index contributed by atoms with van der Waals surface area (Å²) in [5.74, 6) is -2.80. The molecule has 6 nitrogen and oxygen atoms in total. The molecule has 1 atom stereocenters. The van der Waals surface area contributed by atoms with Gasteiger partial charge >= 0.3 is 0 Å². The van der Waals surface area contributed by atoms with Gasteiger partial charge in [0.25, 0.3) is 0 Å². The fraction of sp³-hybridized carbons (Fsp3) is 0.106. The molecule has 2 aliphatic carbocycles. The van der Waals surface area contributed by atoms with E-state index < -0.39 is 28.4 Å². The van der Waals surface area contributed by atoms with Crippen molar-refractivity contribution in [1.29, 1.82) is 0 Å². The Balaban J connectivity index is 1.25. The molecular weight excluding hydrogens is 659 g/mol. The number of aromatic hydroxyl groups is 5. The summed E-state index contributed by atoms with van der Waals surface area (Å²) in [6.45, 7) is 0. The molecular formula is C47H37NO5. The van der Waals surface area contributed by atoms with Crippen molar-refractivity contribution >= 4 is 32.9 Å². The van der Waals surface area contributed by atoms with E-state index >= 15 is 0 Å². The predicted octanol–water partition coefficient (Wildman–Crippen LogP) is 10.9. The van der Waals surface area contributed by atoms with Crippen LogP contribution in [0.4, 0.5) is 11.4 Å². The van der Waals surface area contributed by atoms with Crippen molar-refractivity contribution in [3.05, 3.63) is 162 Å². The van der Waals surface area contributed by atoms with E-state index in [2.05, 4.69) is 78.9 Å². The van der Waals surface area contributed by atoms with Gasteiger partial charge in [-0.05, 0) is 80.9 Å². The van der Waals surface area contributed by atoms with Gasteiger partial charge in [-0.3, -0.25) is 0 Å². The lowest BCUT2D eigenvalue weighted by molar-refractivity contribution is 0.376. The van der Waals surface area contributed by atoms with E-state index in [1.165, 1.54) is 11.1 Å². The number of phenols is 5. The van der Waals surface area contributed by atoms with Crippen molar-refractivity contribution in [3.8, 4) is 51.0 Å². The van der Waals surface area contributed by atoms with Gasteiger partial charge in [-0.2, -0.15) is 0 Å². The molecule has 0 saturated heterocycles. The number of anilines is 2. The maximum absolute atomic E-state index is 11.7. The Hall–Kier alpha value is -6.66. The lowest BCUT2D eigenvalue weighted by Crippen LogP contribution is -2.29. The van der Waals surface area contributed by atoms with Crippen molar-refractivity contribution in [3.63, 3.8) is 0 Å². The number of allylic oxidation sites excluding steroid dienone is 4. The maximum Gasteiger partial charge on any atom is 0.186 e. The third-order valence-corrected chi connectivity index (χ3v) is 11.2. The number of benzene rings is 7. The molecule has 0 aromatic heterocycles. The zero-order valence-electron chi connectivity index (χ0n) is 29.1. The molecule has 260 valence electrons. The van der Waals surface area contributed by atoms with E-state index in [1.54, 1.807) is 36.2 Å². The van der Waals surface area contributed by atoms with Gasteiger partial charge in [0.05, 0.1) is 11.0 Å². The van der Waals surface area contributed by atoms with Gasteiger partial charge < -0.3 is 30.4 Å². The highest BCUT2D eigenvalue weighted by Gasteiger charge is 2.47. The third kappa shape index (κ3) is 4.58.